The zero-order chi connectivity index (χ0) is 11.5. The molecule has 4 heteroatoms. The minimum Gasteiger partial charge on any atom is -0.316 e. The van der Waals surface area contributed by atoms with Gasteiger partial charge < -0.3 is 5.32 Å². The molecule has 0 radical (unpaired) electrons. The Kier molecular flexibility index (Phi) is 3.41. The van der Waals surface area contributed by atoms with Crippen molar-refractivity contribution in [2.45, 2.75) is 13.5 Å². The molecule has 0 fully saturated rings. The Labute approximate surface area is 104 Å². The predicted octanol–water partition coefficient (Wildman–Crippen LogP) is 2.66. The molecule has 0 saturated carbocycles. The van der Waals surface area contributed by atoms with Crippen LogP contribution in [-0.4, -0.2) is 16.8 Å². The van der Waals surface area contributed by atoms with Crippen LogP contribution < -0.4 is 5.32 Å². The lowest BCUT2D eigenvalue weighted by Gasteiger charge is -2.09. The van der Waals surface area contributed by atoms with Crippen LogP contribution in [0.1, 0.15) is 11.1 Å². The fourth-order valence-corrected chi connectivity index (χ4v) is 2.06. The second kappa shape index (κ2) is 4.80. The van der Waals surface area contributed by atoms with E-state index in [0.717, 1.165) is 16.7 Å². The second-order valence-electron chi connectivity index (χ2n) is 3.77. The zero-order valence-corrected chi connectivity index (χ0v) is 11.0. The molecule has 1 aromatic heterocycles. The normalized spacial score (nSPS) is 10.7. The molecule has 0 atom stereocenters. The molecular weight excluding hydrogens is 266 g/mol. The summed E-state index contributed by atoms with van der Waals surface area (Å²) in [6.45, 7) is 2.87. The maximum Gasteiger partial charge on any atom is 0.0691 e. The van der Waals surface area contributed by atoms with Crippen molar-refractivity contribution < 1.29 is 0 Å². The van der Waals surface area contributed by atoms with E-state index in [1.54, 1.807) is 0 Å². The van der Waals surface area contributed by atoms with Gasteiger partial charge in [-0.25, -0.2) is 4.68 Å². The largest absolute Gasteiger partial charge is 0.316 e. The van der Waals surface area contributed by atoms with Crippen molar-refractivity contribution in [1.82, 2.24) is 15.1 Å². The molecule has 3 nitrogen and oxygen atoms in total. The monoisotopic (exact) mass is 279 g/mol. The molecule has 0 bridgehead atoms. The number of halogens is 1. The number of nitrogens with zero attached hydrogens (tertiary/aromatic N) is 2. The standard InChI is InChI=1S/C12H14BrN3/c1-9-6-15-16(8-9)12-4-3-11(13)5-10(12)7-14-2/h3-6,8,14H,7H2,1-2H3. The van der Waals surface area contributed by atoms with Gasteiger partial charge in [-0.1, -0.05) is 15.9 Å². The van der Waals surface area contributed by atoms with Crippen LogP contribution in [0.15, 0.2) is 35.1 Å². The van der Waals surface area contributed by atoms with Gasteiger partial charge in [-0.15, -0.1) is 0 Å². The van der Waals surface area contributed by atoms with Gasteiger partial charge in [0, 0.05) is 17.2 Å². The third kappa shape index (κ3) is 2.33. The van der Waals surface area contributed by atoms with Crippen LogP contribution in [0, 0.1) is 6.92 Å². The number of hydrogen-bond donors (Lipinski definition) is 1. The van der Waals surface area contributed by atoms with Crippen molar-refractivity contribution in [3.63, 3.8) is 0 Å². The molecule has 2 aromatic rings. The third-order valence-corrected chi connectivity index (χ3v) is 2.86. The first kappa shape index (κ1) is 11.4. The SMILES string of the molecule is CNCc1cc(Br)ccc1-n1cc(C)cn1. The fourth-order valence-electron chi connectivity index (χ4n) is 1.65. The number of hydrogen-bond acceptors (Lipinski definition) is 2. The number of aryl methyl sites for hydroxylation is 1. The molecule has 0 unspecified atom stereocenters. The van der Waals surface area contributed by atoms with Crippen molar-refractivity contribution in [3.05, 3.63) is 46.2 Å². The Hall–Kier alpha value is -1.13. The molecule has 16 heavy (non-hydrogen) atoms. The highest BCUT2D eigenvalue weighted by Gasteiger charge is 2.05. The highest BCUT2D eigenvalue weighted by atomic mass is 79.9. The molecule has 84 valence electrons. The van der Waals surface area contributed by atoms with E-state index in [0.29, 0.717) is 0 Å². The van der Waals surface area contributed by atoms with Crippen molar-refractivity contribution in [2.75, 3.05) is 7.05 Å². The maximum absolute atomic E-state index is 4.33. The number of aromatic nitrogens is 2. The Morgan fingerprint density at radius 1 is 1.44 bits per heavy atom. The van der Waals surface area contributed by atoms with Gasteiger partial charge in [0.25, 0.3) is 0 Å². The average Bonchev–Trinajstić information content (AvgIpc) is 2.65. The molecule has 0 spiro atoms. The molecule has 0 amide bonds. The van der Waals surface area contributed by atoms with E-state index < -0.39 is 0 Å². The van der Waals surface area contributed by atoms with E-state index in [4.69, 9.17) is 0 Å². The lowest BCUT2D eigenvalue weighted by Crippen LogP contribution is -2.09. The van der Waals surface area contributed by atoms with Crippen molar-refractivity contribution >= 4 is 15.9 Å². The van der Waals surface area contributed by atoms with Crippen LogP contribution in [0.5, 0.6) is 0 Å². The van der Waals surface area contributed by atoms with Gasteiger partial charge in [0.15, 0.2) is 0 Å². The average molecular weight is 280 g/mol. The van der Waals surface area contributed by atoms with Gasteiger partial charge in [-0.05, 0) is 43.3 Å². The lowest BCUT2D eigenvalue weighted by molar-refractivity contribution is 0.788. The molecule has 2 rings (SSSR count). The van der Waals surface area contributed by atoms with Crippen molar-refractivity contribution in [2.24, 2.45) is 0 Å². The van der Waals surface area contributed by atoms with Crippen molar-refractivity contribution in [1.29, 1.82) is 0 Å². The van der Waals surface area contributed by atoms with Gasteiger partial charge in [0.2, 0.25) is 0 Å². The molecule has 0 saturated heterocycles. The fraction of sp³-hybridized carbons (Fsp3) is 0.250. The minimum atomic E-state index is 0.827. The lowest BCUT2D eigenvalue weighted by atomic mass is 10.2. The van der Waals surface area contributed by atoms with E-state index in [1.807, 2.05) is 37.1 Å². The van der Waals surface area contributed by atoms with Gasteiger partial charge in [0.05, 0.1) is 11.9 Å². The number of nitrogens with one attached hydrogen (secondary N) is 1. The van der Waals surface area contributed by atoms with Crippen molar-refractivity contribution in [3.8, 4) is 5.69 Å². The minimum absolute atomic E-state index is 0.827. The third-order valence-electron chi connectivity index (χ3n) is 2.37. The van der Waals surface area contributed by atoms with E-state index >= 15 is 0 Å². The quantitative estimate of drug-likeness (QED) is 0.936. The van der Waals surface area contributed by atoms with Crippen LogP contribution >= 0.6 is 15.9 Å². The van der Waals surface area contributed by atoms with Crippen LogP contribution in [-0.2, 0) is 6.54 Å². The summed E-state index contributed by atoms with van der Waals surface area (Å²) in [5, 5.41) is 7.50. The topological polar surface area (TPSA) is 29.9 Å². The zero-order valence-electron chi connectivity index (χ0n) is 9.37. The predicted molar refractivity (Wildman–Crippen MR) is 68.8 cm³/mol. The summed E-state index contributed by atoms with van der Waals surface area (Å²) in [5.74, 6) is 0. The van der Waals surface area contributed by atoms with Crippen LogP contribution in [0.4, 0.5) is 0 Å². The van der Waals surface area contributed by atoms with Gasteiger partial charge in [-0.3, -0.25) is 0 Å². The molecule has 0 aliphatic heterocycles. The molecule has 1 aromatic carbocycles. The highest BCUT2D eigenvalue weighted by Crippen LogP contribution is 2.20. The summed E-state index contributed by atoms with van der Waals surface area (Å²) in [6.07, 6.45) is 3.90. The number of benzene rings is 1. The Morgan fingerprint density at radius 3 is 2.88 bits per heavy atom. The summed E-state index contributed by atoms with van der Waals surface area (Å²) in [6, 6.07) is 6.22. The second-order valence-corrected chi connectivity index (χ2v) is 4.68. The molecule has 1 N–H and O–H groups in total. The van der Waals surface area contributed by atoms with Gasteiger partial charge in [-0.2, -0.15) is 5.10 Å². The Morgan fingerprint density at radius 2 is 2.25 bits per heavy atom. The summed E-state index contributed by atoms with van der Waals surface area (Å²) in [7, 11) is 1.94. The first-order valence-electron chi connectivity index (χ1n) is 5.15. The maximum atomic E-state index is 4.33. The first-order valence-corrected chi connectivity index (χ1v) is 5.94. The Balaban J connectivity index is 2.47. The van der Waals surface area contributed by atoms with E-state index in [2.05, 4.69) is 38.5 Å². The molecule has 0 aliphatic carbocycles. The molecular formula is C12H14BrN3. The van der Waals surface area contributed by atoms with Gasteiger partial charge >= 0.3 is 0 Å². The van der Waals surface area contributed by atoms with E-state index in [-0.39, 0.29) is 0 Å². The molecule has 0 aliphatic rings. The number of rotatable bonds is 3. The summed E-state index contributed by atoms with van der Waals surface area (Å²) in [4.78, 5) is 0. The summed E-state index contributed by atoms with van der Waals surface area (Å²) >= 11 is 3.49. The first-order chi connectivity index (χ1) is 7.70. The van der Waals surface area contributed by atoms with Crippen LogP contribution in [0.3, 0.4) is 0 Å². The van der Waals surface area contributed by atoms with E-state index in [9.17, 15) is 0 Å². The Bertz CT molecular complexity index is 491. The van der Waals surface area contributed by atoms with Gasteiger partial charge in [0.1, 0.15) is 0 Å². The summed E-state index contributed by atoms with van der Waals surface area (Å²) in [5.41, 5.74) is 3.50. The summed E-state index contributed by atoms with van der Waals surface area (Å²) < 4.78 is 3.00. The highest BCUT2D eigenvalue weighted by molar-refractivity contribution is 9.10. The van der Waals surface area contributed by atoms with Crippen LogP contribution in [0.25, 0.3) is 5.69 Å². The smallest absolute Gasteiger partial charge is 0.0691 e. The van der Waals surface area contributed by atoms with Crippen LogP contribution in [0.2, 0.25) is 0 Å². The van der Waals surface area contributed by atoms with E-state index in [1.165, 1.54) is 11.1 Å². The molecule has 1 heterocycles.